The minimum absolute atomic E-state index is 0.105. The van der Waals surface area contributed by atoms with Gasteiger partial charge in [-0.2, -0.15) is 5.10 Å². The minimum atomic E-state index is -1.41. The van der Waals surface area contributed by atoms with E-state index in [1.165, 1.54) is 17.3 Å². The number of aliphatic hydroxyl groups is 1. The molecule has 7 heteroatoms. The van der Waals surface area contributed by atoms with Crippen LogP contribution in [0.3, 0.4) is 0 Å². The number of benzene rings is 1. The van der Waals surface area contributed by atoms with Crippen LogP contribution in [0.4, 0.5) is 0 Å². The van der Waals surface area contributed by atoms with Gasteiger partial charge >= 0.3 is 5.97 Å². The standard InChI is InChI=1S/C17H20ClN3O3/c1-16(15(22)23)7-6-13(8-12-2-4-14(18)5-3-12)17(16,24)9-21-11-19-10-20-21/h2-5,10-11,13,24H,6-9H2,1H3,(H,22,23)/t13-,16-,17-/m0/s1. The molecule has 1 aromatic carbocycles. The molecular weight excluding hydrogens is 330 g/mol. The molecule has 2 aromatic rings. The molecule has 0 aliphatic heterocycles. The number of halogens is 1. The molecule has 0 radical (unpaired) electrons. The van der Waals surface area contributed by atoms with Gasteiger partial charge in [0.25, 0.3) is 0 Å². The van der Waals surface area contributed by atoms with Crippen LogP contribution in [-0.4, -0.2) is 36.5 Å². The monoisotopic (exact) mass is 349 g/mol. The van der Waals surface area contributed by atoms with E-state index in [0.717, 1.165) is 5.56 Å². The molecule has 24 heavy (non-hydrogen) atoms. The van der Waals surface area contributed by atoms with E-state index in [4.69, 9.17) is 11.6 Å². The van der Waals surface area contributed by atoms with E-state index in [0.29, 0.717) is 24.3 Å². The summed E-state index contributed by atoms with van der Waals surface area (Å²) in [6, 6.07) is 7.43. The molecule has 1 saturated carbocycles. The third-order valence-electron chi connectivity index (χ3n) is 5.36. The molecule has 3 rings (SSSR count). The van der Waals surface area contributed by atoms with Crippen molar-refractivity contribution in [1.29, 1.82) is 0 Å². The molecule has 3 atom stereocenters. The van der Waals surface area contributed by atoms with Crippen LogP contribution >= 0.6 is 11.6 Å². The Morgan fingerprint density at radius 2 is 2.12 bits per heavy atom. The van der Waals surface area contributed by atoms with Crippen LogP contribution in [0.25, 0.3) is 0 Å². The van der Waals surface area contributed by atoms with Gasteiger partial charge in [-0.05, 0) is 49.8 Å². The van der Waals surface area contributed by atoms with Gasteiger partial charge in [-0.25, -0.2) is 4.98 Å². The highest BCUT2D eigenvalue weighted by molar-refractivity contribution is 6.30. The second kappa shape index (κ2) is 6.18. The van der Waals surface area contributed by atoms with Crippen LogP contribution in [0.5, 0.6) is 0 Å². The molecule has 128 valence electrons. The van der Waals surface area contributed by atoms with Crippen molar-refractivity contribution in [2.45, 2.75) is 38.3 Å². The molecule has 1 heterocycles. The first-order valence-corrected chi connectivity index (χ1v) is 8.25. The summed E-state index contributed by atoms with van der Waals surface area (Å²) in [5, 5.41) is 25.9. The number of carbonyl (C=O) groups is 1. The predicted octanol–water partition coefficient (Wildman–Crippen LogP) is 2.41. The lowest BCUT2D eigenvalue weighted by atomic mass is 9.71. The number of carboxylic acids is 1. The quantitative estimate of drug-likeness (QED) is 0.865. The van der Waals surface area contributed by atoms with E-state index >= 15 is 0 Å². The molecule has 1 aromatic heterocycles. The predicted molar refractivity (Wildman–Crippen MR) is 88.6 cm³/mol. The number of nitrogens with zero attached hydrogens (tertiary/aromatic N) is 3. The Labute approximate surface area is 145 Å². The Hall–Kier alpha value is -1.92. The average Bonchev–Trinajstić information content (AvgIpc) is 3.12. The van der Waals surface area contributed by atoms with Gasteiger partial charge in [0.1, 0.15) is 18.3 Å². The summed E-state index contributed by atoms with van der Waals surface area (Å²) in [4.78, 5) is 15.8. The second-order valence-corrected chi connectivity index (χ2v) is 7.16. The summed E-state index contributed by atoms with van der Waals surface area (Å²) in [6.07, 6.45) is 4.52. The fourth-order valence-corrected chi connectivity index (χ4v) is 3.83. The van der Waals surface area contributed by atoms with Crippen molar-refractivity contribution in [3.63, 3.8) is 0 Å². The summed E-state index contributed by atoms with van der Waals surface area (Å²) >= 11 is 5.92. The first kappa shape index (κ1) is 16.9. The van der Waals surface area contributed by atoms with Crippen molar-refractivity contribution in [3.05, 3.63) is 47.5 Å². The maximum Gasteiger partial charge on any atom is 0.312 e. The van der Waals surface area contributed by atoms with Crippen molar-refractivity contribution in [3.8, 4) is 0 Å². The molecule has 1 fully saturated rings. The highest BCUT2D eigenvalue weighted by Gasteiger charge is 2.61. The zero-order valence-corrected chi connectivity index (χ0v) is 14.1. The number of carboxylic acid groups (broad SMARTS) is 1. The van der Waals surface area contributed by atoms with Gasteiger partial charge in [-0.15, -0.1) is 0 Å². The van der Waals surface area contributed by atoms with Gasteiger partial charge in [0.2, 0.25) is 0 Å². The van der Waals surface area contributed by atoms with E-state index in [2.05, 4.69) is 10.1 Å². The van der Waals surface area contributed by atoms with E-state index in [9.17, 15) is 15.0 Å². The highest BCUT2D eigenvalue weighted by atomic mass is 35.5. The number of aromatic nitrogens is 3. The minimum Gasteiger partial charge on any atom is -0.481 e. The third kappa shape index (κ3) is 2.80. The van der Waals surface area contributed by atoms with Gasteiger partial charge in [-0.1, -0.05) is 23.7 Å². The summed E-state index contributed by atoms with van der Waals surface area (Å²) in [5.74, 6) is -1.17. The van der Waals surface area contributed by atoms with E-state index in [1.807, 2.05) is 12.1 Å². The lowest BCUT2D eigenvalue weighted by Crippen LogP contribution is -2.54. The first-order chi connectivity index (χ1) is 11.3. The van der Waals surface area contributed by atoms with E-state index in [-0.39, 0.29) is 12.5 Å². The molecule has 1 aliphatic carbocycles. The number of hydrogen-bond acceptors (Lipinski definition) is 4. The van der Waals surface area contributed by atoms with Crippen LogP contribution in [0, 0.1) is 11.3 Å². The van der Waals surface area contributed by atoms with Crippen LogP contribution < -0.4 is 0 Å². The number of aliphatic carboxylic acids is 1. The average molecular weight is 350 g/mol. The van der Waals surface area contributed by atoms with Gasteiger partial charge in [0.15, 0.2) is 0 Å². The number of rotatable bonds is 5. The summed E-state index contributed by atoms with van der Waals surface area (Å²) in [5.41, 5.74) is -1.61. The molecule has 6 nitrogen and oxygen atoms in total. The fraction of sp³-hybridized carbons (Fsp3) is 0.471. The molecule has 2 N–H and O–H groups in total. The van der Waals surface area contributed by atoms with Crippen LogP contribution in [0.15, 0.2) is 36.9 Å². The summed E-state index contributed by atoms with van der Waals surface area (Å²) in [6.45, 7) is 1.72. The summed E-state index contributed by atoms with van der Waals surface area (Å²) in [7, 11) is 0. The fourth-order valence-electron chi connectivity index (χ4n) is 3.70. The second-order valence-electron chi connectivity index (χ2n) is 6.72. The maximum absolute atomic E-state index is 11.9. The van der Waals surface area contributed by atoms with Crippen LogP contribution in [-0.2, 0) is 17.8 Å². The van der Waals surface area contributed by atoms with Gasteiger partial charge in [0, 0.05) is 5.02 Å². The number of hydrogen-bond donors (Lipinski definition) is 2. The van der Waals surface area contributed by atoms with Crippen molar-refractivity contribution in [2.75, 3.05) is 0 Å². The maximum atomic E-state index is 11.9. The van der Waals surface area contributed by atoms with Gasteiger partial charge in [-0.3, -0.25) is 9.48 Å². The van der Waals surface area contributed by atoms with Gasteiger partial charge in [0.05, 0.1) is 12.0 Å². The molecule has 0 unspecified atom stereocenters. The SMILES string of the molecule is C[C@@]1(C(=O)O)CC[C@@H](Cc2ccc(Cl)cc2)[C@@]1(O)Cn1cncn1. The molecule has 0 saturated heterocycles. The van der Waals surface area contributed by atoms with Gasteiger partial charge < -0.3 is 10.2 Å². The topological polar surface area (TPSA) is 88.2 Å². The Morgan fingerprint density at radius 3 is 2.71 bits per heavy atom. The van der Waals surface area contributed by atoms with E-state index in [1.54, 1.807) is 19.1 Å². The largest absolute Gasteiger partial charge is 0.481 e. The molecule has 1 aliphatic rings. The summed E-state index contributed by atoms with van der Waals surface area (Å²) < 4.78 is 1.50. The molecular formula is C17H20ClN3O3. The highest BCUT2D eigenvalue weighted by Crippen LogP contribution is 2.52. The Bertz CT molecular complexity index is 719. The van der Waals surface area contributed by atoms with E-state index < -0.39 is 17.0 Å². The normalized spacial score (nSPS) is 29.7. The smallest absolute Gasteiger partial charge is 0.312 e. The lowest BCUT2D eigenvalue weighted by molar-refractivity contribution is -0.169. The Kier molecular flexibility index (Phi) is 4.36. The zero-order valence-electron chi connectivity index (χ0n) is 13.4. The van der Waals surface area contributed by atoms with Crippen molar-refractivity contribution in [2.24, 2.45) is 11.3 Å². The molecule has 0 amide bonds. The molecule has 0 spiro atoms. The Balaban J connectivity index is 1.92. The molecule has 0 bridgehead atoms. The van der Waals surface area contributed by atoms with Crippen molar-refractivity contribution in [1.82, 2.24) is 14.8 Å². The van der Waals surface area contributed by atoms with Crippen LogP contribution in [0.2, 0.25) is 5.02 Å². The Morgan fingerprint density at radius 1 is 1.42 bits per heavy atom. The lowest BCUT2D eigenvalue weighted by Gasteiger charge is -2.40. The zero-order chi connectivity index (χ0) is 17.4. The third-order valence-corrected chi connectivity index (χ3v) is 5.61. The van der Waals surface area contributed by atoms with Crippen molar-refractivity contribution >= 4 is 17.6 Å². The first-order valence-electron chi connectivity index (χ1n) is 7.88. The van der Waals surface area contributed by atoms with Crippen LogP contribution in [0.1, 0.15) is 25.3 Å². The van der Waals surface area contributed by atoms with Crippen molar-refractivity contribution < 1.29 is 15.0 Å².